The van der Waals surface area contributed by atoms with Gasteiger partial charge in [0.2, 0.25) is 5.96 Å². The number of anilines is 1. The van der Waals surface area contributed by atoms with Crippen LogP contribution in [0.5, 0.6) is 0 Å². The highest BCUT2D eigenvalue weighted by atomic mass is 15.3. The van der Waals surface area contributed by atoms with E-state index in [-0.39, 0.29) is 11.9 Å². The highest BCUT2D eigenvalue weighted by molar-refractivity contribution is 6.01. The second-order valence-electron chi connectivity index (χ2n) is 3.91. The Bertz CT molecular complexity index is 446. The van der Waals surface area contributed by atoms with Crippen LogP contribution >= 0.6 is 0 Å². The summed E-state index contributed by atoms with van der Waals surface area (Å²) in [5.74, 6) is -0.0736. The molecule has 0 amide bonds. The van der Waals surface area contributed by atoms with Gasteiger partial charge in [0, 0.05) is 12.7 Å². The lowest BCUT2D eigenvalue weighted by Crippen LogP contribution is -2.31. The van der Waals surface area contributed by atoms with Crippen LogP contribution in [0.1, 0.15) is 18.1 Å². The monoisotopic (exact) mass is 233 g/mol. The van der Waals surface area contributed by atoms with Crippen molar-refractivity contribution in [1.29, 1.82) is 5.41 Å². The highest BCUT2D eigenvalue weighted by Gasteiger charge is 2.10. The molecule has 0 aromatic heterocycles. The number of aliphatic imine (C=N–C) groups is 1. The summed E-state index contributed by atoms with van der Waals surface area (Å²) in [6, 6.07) is 6.09. The molecule has 0 aliphatic carbocycles. The van der Waals surface area contributed by atoms with Crippen molar-refractivity contribution >= 4 is 17.6 Å². The number of hydrogen-bond donors (Lipinski definition) is 3. The lowest BCUT2D eigenvalue weighted by atomic mass is 10.1. The number of nitrogens with one attached hydrogen (secondary N) is 1. The molecule has 0 atom stereocenters. The fourth-order valence-electron chi connectivity index (χ4n) is 1.64. The molecule has 0 radical (unpaired) electrons. The molecule has 0 heterocycles. The van der Waals surface area contributed by atoms with Crippen molar-refractivity contribution in [3.8, 4) is 0 Å². The van der Waals surface area contributed by atoms with Crippen molar-refractivity contribution < 1.29 is 0 Å². The minimum absolute atomic E-state index is 0.0311. The number of nitrogens with zero attached hydrogens (tertiary/aromatic N) is 2. The number of hydrogen-bond acceptors (Lipinski definition) is 1. The molecule has 0 bridgehead atoms. The number of aryl methyl sites for hydroxylation is 2. The van der Waals surface area contributed by atoms with Gasteiger partial charge in [-0.25, -0.2) is 0 Å². The molecule has 17 heavy (non-hydrogen) atoms. The van der Waals surface area contributed by atoms with Gasteiger partial charge in [-0.1, -0.05) is 24.6 Å². The smallest absolute Gasteiger partial charge is 0.225 e. The summed E-state index contributed by atoms with van der Waals surface area (Å²) < 4.78 is 0. The lowest BCUT2D eigenvalue weighted by Gasteiger charge is -2.20. The van der Waals surface area contributed by atoms with Gasteiger partial charge in [0.15, 0.2) is 5.96 Å². The van der Waals surface area contributed by atoms with Gasteiger partial charge in [-0.2, -0.15) is 4.99 Å². The number of guanidine groups is 2. The first-order chi connectivity index (χ1) is 7.95. The summed E-state index contributed by atoms with van der Waals surface area (Å²) in [7, 11) is 1.78. The molecule has 5 N–H and O–H groups in total. The maximum absolute atomic E-state index is 7.77. The van der Waals surface area contributed by atoms with Gasteiger partial charge in [0.1, 0.15) is 0 Å². The van der Waals surface area contributed by atoms with Crippen LogP contribution in [0.15, 0.2) is 23.2 Å². The number of benzene rings is 1. The fraction of sp³-hybridized carbons (Fsp3) is 0.333. The molecule has 1 aromatic carbocycles. The molecule has 0 aliphatic heterocycles. The van der Waals surface area contributed by atoms with E-state index in [9.17, 15) is 0 Å². The maximum Gasteiger partial charge on any atom is 0.225 e. The van der Waals surface area contributed by atoms with E-state index in [1.807, 2.05) is 19.1 Å². The van der Waals surface area contributed by atoms with Gasteiger partial charge in [0.05, 0.1) is 0 Å². The van der Waals surface area contributed by atoms with Gasteiger partial charge in [0.25, 0.3) is 0 Å². The third-order valence-corrected chi connectivity index (χ3v) is 2.53. The number of nitrogens with two attached hydrogens (primary N) is 2. The fourth-order valence-corrected chi connectivity index (χ4v) is 1.64. The Morgan fingerprint density at radius 3 is 2.59 bits per heavy atom. The first-order valence-corrected chi connectivity index (χ1v) is 5.47. The Kier molecular flexibility index (Phi) is 4.09. The SMILES string of the molecule is CCc1cc(C)ccc1N(C)C(=N)N=C(N)N. The summed E-state index contributed by atoms with van der Waals surface area (Å²) in [6.45, 7) is 4.13. The van der Waals surface area contributed by atoms with Crippen LogP contribution in [0.3, 0.4) is 0 Å². The summed E-state index contributed by atoms with van der Waals surface area (Å²) in [5.41, 5.74) is 13.9. The minimum Gasteiger partial charge on any atom is -0.370 e. The molecule has 0 aliphatic rings. The molecule has 0 saturated heterocycles. The Labute approximate surface area is 102 Å². The van der Waals surface area contributed by atoms with E-state index in [0.717, 1.165) is 12.1 Å². The highest BCUT2D eigenvalue weighted by Crippen LogP contribution is 2.21. The Morgan fingerprint density at radius 2 is 2.06 bits per heavy atom. The second-order valence-corrected chi connectivity index (χ2v) is 3.91. The quantitative estimate of drug-likeness (QED) is 0.529. The van der Waals surface area contributed by atoms with Crippen molar-refractivity contribution in [1.82, 2.24) is 0 Å². The molecule has 0 unspecified atom stereocenters. The van der Waals surface area contributed by atoms with E-state index >= 15 is 0 Å². The second kappa shape index (κ2) is 5.34. The van der Waals surface area contributed by atoms with E-state index < -0.39 is 0 Å². The van der Waals surface area contributed by atoms with Gasteiger partial charge >= 0.3 is 0 Å². The van der Waals surface area contributed by atoms with Crippen LogP contribution in [0.2, 0.25) is 0 Å². The number of rotatable bonds is 2. The van der Waals surface area contributed by atoms with Crippen LogP contribution in [0.25, 0.3) is 0 Å². The van der Waals surface area contributed by atoms with Crippen LogP contribution < -0.4 is 16.4 Å². The summed E-state index contributed by atoms with van der Waals surface area (Å²) >= 11 is 0. The summed E-state index contributed by atoms with van der Waals surface area (Å²) in [5, 5.41) is 7.77. The first-order valence-electron chi connectivity index (χ1n) is 5.47. The molecule has 0 fully saturated rings. The zero-order valence-corrected chi connectivity index (χ0v) is 10.5. The molecule has 5 nitrogen and oxygen atoms in total. The van der Waals surface area contributed by atoms with Crippen LogP contribution in [-0.4, -0.2) is 19.0 Å². The molecule has 0 spiro atoms. The van der Waals surface area contributed by atoms with Crippen molar-refractivity contribution in [3.63, 3.8) is 0 Å². The predicted molar refractivity (Wildman–Crippen MR) is 72.5 cm³/mol. The maximum atomic E-state index is 7.77. The zero-order chi connectivity index (χ0) is 13.0. The first kappa shape index (κ1) is 13.0. The Hall–Kier alpha value is -2.04. The van der Waals surface area contributed by atoms with E-state index in [4.69, 9.17) is 16.9 Å². The molecular weight excluding hydrogens is 214 g/mol. The van der Waals surface area contributed by atoms with Gasteiger partial charge < -0.3 is 16.4 Å². The minimum atomic E-state index is -0.105. The summed E-state index contributed by atoms with van der Waals surface area (Å²) in [6.07, 6.45) is 0.899. The normalized spacial score (nSPS) is 9.82. The van der Waals surface area contributed by atoms with Crippen molar-refractivity contribution in [2.45, 2.75) is 20.3 Å². The molecular formula is C12H19N5. The Morgan fingerprint density at radius 1 is 1.41 bits per heavy atom. The molecule has 5 heteroatoms. The van der Waals surface area contributed by atoms with Gasteiger partial charge in [-0.3, -0.25) is 5.41 Å². The van der Waals surface area contributed by atoms with E-state index in [2.05, 4.69) is 18.0 Å². The molecule has 92 valence electrons. The Balaban J connectivity index is 3.07. The average molecular weight is 233 g/mol. The summed E-state index contributed by atoms with van der Waals surface area (Å²) in [4.78, 5) is 5.40. The lowest BCUT2D eigenvalue weighted by molar-refractivity contribution is 1.09. The van der Waals surface area contributed by atoms with Crippen LogP contribution in [0, 0.1) is 12.3 Å². The largest absolute Gasteiger partial charge is 0.370 e. The third kappa shape index (κ3) is 3.21. The topological polar surface area (TPSA) is 91.5 Å². The van der Waals surface area contributed by atoms with Crippen molar-refractivity contribution in [2.24, 2.45) is 16.5 Å². The van der Waals surface area contributed by atoms with E-state index in [0.29, 0.717) is 0 Å². The predicted octanol–water partition coefficient (Wildman–Crippen LogP) is 1.20. The van der Waals surface area contributed by atoms with Crippen molar-refractivity contribution in [3.05, 3.63) is 29.3 Å². The van der Waals surface area contributed by atoms with Crippen LogP contribution in [0.4, 0.5) is 5.69 Å². The van der Waals surface area contributed by atoms with E-state index in [1.54, 1.807) is 11.9 Å². The third-order valence-electron chi connectivity index (χ3n) is 2.53. The van der Waals surface area contributed by atoms with E-state index in [1.165, 1.54) is 11.1 Å². The molecule has 0 saturated carbocycles. The van der Waals surface area contributed by atoms with Gasteiger partial charge in [-0.15, -0.1) is 0 Å². The molecule has 1 rings (SSSR count). The molecule has 1 aromatic rings. The standard InChI is InChI=1S/C12H19N5/c1-4-9-7-8(2)5-6-10(9)17(3)12(15)16-11(13)14/h5-7H,4H2,1-3H3,(H5,13,14,15,16). The van der Waals surface area contributed by atoms with Crippen molar-refractivity contribution in [2.75, 3.05) is 11.9 Å². The van der Waals surface area contributed by atoms with Gasteiger partial charge in [-0.05, 0) is 25.0 Å². The average Bonchev–Trinajstić information content (AvgIpc) is 2.27. The zero-order valence-electron chi connectivity index (χ0n) is 10.5. The van der Waals surface area contributed by atoms with Crippen LogP contribution in [-0.2, 0) is 6.42 Å².